The summed E-state index contributed by atoms with van der Waals surface area (Å²) in [6.07, 6.45) is -0.0132. The van der Waals surface area contributed by atoms with Crippen molar-refractivity contribution >= 4 is 17.8 Å². The SMILES string of the molecule is COC(=O)[C@H](CC(=O)OC(C)(C)C)NC(=O)[C@@H](N)Cc1ccccc1. The molecule has 1 aromatic carbocycles. The fourth-order valence-electron chi connectivity index (χ4n) is 2.12. The van der Waals surface area contributed by atoms with Gasteiger partial charge in [-0.25, -0.2) is 4.79 Å². The molecule has 0 unspecified atom stereocenters. The quantitative estimate of drug-likeness (QED) is 0.709. The van der Waals surface area contributed by atoms with Crippen molar-refractivity contribution in [3.05, 3.63) is 35.9 Å². The number of esters is 2. The summed E-state index contributed by atoms with van der Waals surface area (Å²) in [5, 5.41) is 2.47. The second-order valence-electron chi connectivity index (χ2n) is 6.67. The van der Waals surface area contributed by atoms with Gasteiger partial charge in [-0.3, -0.25) is 9.59 Å². The zero-order chi connectivity index (χ0) is 19.0. The van der Waals surface area contributed by atoms with Gasteiger partial charge in [0.05, 0.1) is 19.6 Å². The topological polar surface area (TPSA) is 108 Å². The van der Waals surface area contributed by atoms with Crippen molar-refractivity contribution in [3.63, 3.8) is 0 Å². The largest absolute Gasteiger partial charge is 0.467 e. The molecular weight excluding hydrogens is 324 g/mol. The van der Waals surface area contributed by atoms with E-state index in [0.717, 1.165) is 5.56 Å². The molecule has 0 saturated carbocycles. The normalized spacial score (nSPS) is 13.5. The molecule has 0 bridgehead atoms. The molecule has 25 heavy (non-hydrogen) atoms. The predicted octanol–water partition coefficient (Wildman–Crippen LogP) is 0.946. The molecule has 1 aromatic rings. The van der Waals surface area contributed by atoms with Crippen LogP contribution in [0, 0.1) is 0 Å². The Morgan fingerprint density at radius 1 is 1.16 bits per heavy atom. The highest BCUT2D eigenvalue weighted by Crippen LogP contribution is 2.10. The number of rotatable bonds is 7. The second kappa shape index (κ2) is 9.17. The van der Waals surface area contributed by atoms with Crippen LogP contribution in [0.5, 0.6) is 0 Å². The smallest absolute Gasteiger partial charge is 0.328 e. The number of hydrogen-bond acceptors (Lipinski definition) is 6. The van der Waals surface area contributed by atoms with Gasteiger partial charge in [0.2, 0.25) is 5.91 Å². The number of methoxy groups -OCH3 is 1. The average molecular weight is 350 g/mol. The predicted molar refractivity (Wildman–Crippen MR) is 92.5 cm³/mol. The minimum atomic E-state index is -1.14. The Hall–Kier alpha value is -2.41. The van der Waals surface area contributed by atoms with E-state index < -0.39 is 35.5 Å². The van der Waals surface area contributed by atoms with Crippen molar-refractivity contribution < 1.29 is 23.9 Å². The molecule has 0 aliphatic carbocycles. The summed E-state index contributed by atoms with van der Waals surface area (Å²) in [5.74, 6) is -1.88. The molecule has 138 valence electrons. The molecular formula is C18H26N2O5. The molecule has 1 amide bonds. The minimum absolute atomic E-state index is 0.313. The van der Waals surface area contributed by atoms with Crippen LogP contribution >= 0.6 is 0 Å². The fraction of sp³-hybridized carbons (Fsp3) is 0.500. The third-order valence-corrected chi connectivity index (χ3v) is 3.23. The van der Waals surface area contributed by atoms with Crippen LogP contribution in [0.2, 0.25) is 0 Å². The van der Waals surface area contributed by atoms with Crippen LogP contribution in [0.3, 0.4) is 0 Å². The Kier molecular flexibility index (Phi) is 7.57. The number of ether oxygens (including phenoxy) is 2. The summed E-state index contributed by atoms with van der Waals surface area (Å²) in [7, 11) is 1.18. The summed E-state index contributed by atoms with van der Waals surface area (Å²) in [5.41, 5.74) is 6.10. The van der Waals surface area contributed by atoms with Gasteiger partial charge < -0.3 is 20.5 Å². The summed E-state index contributed by atoms with van der Waals surface area (Å²) in [6, 6.07) is 7.27. The Balaban J connectivity index is 2.69. The molecule has 0 saturated heterocycles. The van der Waals surface area contributed by atoms with Gasteiger partial charge >= 0.3 is 11.9 Å². The number of nitrogens with one attached hydrogen (secondary N) is 1. The van der Waals surface area contributed by atoms with Gasteiger partial charge in [0.1, 0.15) is 11.6 Å². The molecule has 0 aromatic heterocycles. The molecule has 0 spiro atoms. The van der Waals surface area contributed by atoms with Crippen LogP contribution in [0.25, 0.3) is 0 Å². The van der Waals surface area contributed by atoms with E-state index in [0.29, 0.717) is 6.42 Å². The van der Waals surface area contributed by atoms with E-state index in [4.69, 9.17) is 10.5 Å². The molecule has 0 heterocycles. The van der Waals surface area contributed by atoms with E-state index in [1.165, 1.54) is 7.11 Å². The van der Waals surface area contributed by atoms with Crippen molar-refractivity contribution in [3.8, 4) is 0 Å². The lowest BCUT2D eigenvalue weighted by Gasteiger charge is -2.22. The Labute approximate surface area is 147 Å². The molecule has 3 N–H and O–H groups in total. The summed E-state index contributed by atoms with van der Waals surface area (Å²) in [4.78, 5) is 36.0. The minimum Gasteiger partial charge on any atom is -0.467 e. The molecule has 0 fully saturated rings. The van der Waals surface area contributed by atoms with Crippen molar-refractivity contribution in [1.82, 2.24) is 5.32 Å². The number of carbonyl (C=O) groups excluding carboxylic acids is 3. The maximum atomic E-state index is 12.2. The number of carbonyl (C=O) groups is 3. The first-order chi connectivity index (χ1) is 11.6. The number of amides is 1. The second-order valence-corrected chi connectivity index (χ2v) is 6.67. The van der Waals surface area contributed by atoms with E-state index >= 15 is 0 Å². The number of nitrogens with two attached hydrogens (primary N) is 1. The molecule has 2 atom stereocenters. The van der Waals surface area contributed by atoms with E-state index in [2.05, 4.69) is 10.1 Å². The molecule has 7 heteroatoms. The summed E-state index contributed by atoms with van der Waals surface area (Å²) >= 11 is 0. The van der Waals surface area contributed by atoms with Crippen LogP contribution in [0.1, 0.15) is 32.8 Å². The fourth-order valence-corrected chi connectivity index (χ4v) is 2.12. The van der Waals surface area contributed by atoms with Crippen LogP contribution in [0.4, 0.5) is 0 Å². The zero-order valence-electron chi connectivity index (χ0n) is 15.1. The van der Waals surface area contributed by atoms with Crippen molar-refractivity contribution in [1.29, 1.82) is 0 Å². The average Bonchev–Trinajstić information content (AvgIpc) is 2.52. The van der Waals surface area contributed by atoms with Crippen molar-refractivity contribution in [2.45, 2.75) is 51.3 Å². The monoisotopic (exact) mass is 350 g/mol. The first-order valence-electron chi connectivity index (χ1n) is 8.02. The third-order valence-electron chi connectivity index (χ3n) is 3.23. The van der Waals surface area contributed by atoms with Gasteiger partial charge in [0, 0.05) is 0 Å². The van der Waals surface area contributed by atoms with Crippen LogP contribution in [-0.2, 0) is 30.3 Å². The van der Waals surface area contributed by atoms with Crippen LogP contribution in [0.15, 0.2) is 30.3 Å². The van der Waals surface area contributed by atoms with E-state index in [9.17, 15) is 14.4 Å². The number of hydrogen-bond donors (Lipinski definition) is 2. The first-order valence-corrected chi connectivity index (χ1v) is 8.02. The molecule has 7 nitrogen and oxygen atoms in total. The van der Waals surface area contributed by atoms with Crippen LogP contribution < -0.4 is 11.1 Å². The Morgan fingerprint density at radius 3 is 2.28 bits per heavy atom. The molecule has 0 aliphatic rings. The summed E-state index contributed by atoms with van der Waals surface area (Å²) < 4.78 is 9.81. The van der Waals surface area contributed by atoms with Gasteiger partial charge in [-0.1, -0.05) is 30.3 Å². The lowest BCUT2D eigenvalue weighted by atomic mass is 10.1. The van der Waals surface area contributed by atoms with E-state index in [-0.39, 0.29) is 6.42 Å². The lowest BCUT2D eigenvalue weighted by molar-refractivity contribution is -0.159. The van der Waals surface area contributed by atoms with Crippen molar-refractivity contribution in [2.24, 2.45) is 5.73 Å². The van der Waals surface area contributed by atoms with E-state index in [1.807, 2.05) is 30.3 Å². The number of benzene rings is 1. The molecule has 0 radical (unpaired) electrons. The maximum absolute atomic E-state index is 12.2. The standard InChI is InChI=1S/C18H26N2O5/c1-18(2,3)25-15(21)11-14(17(23)24-4)20-16(22)13(19)10-12-8-6-5-7-9-12/h5-9,13-14H,10-11,19H2,1-4H3,(H,20,22)/t13-,14-/m0/s1. The first kappa shape index (κ1) is 20.6. The summed E-state index contributed by atoms with van der Waals surface area (Å²) in [6.45, 7) is 5.14. The third kappa shape index (κ3) is 7.80. The lowest BCUT2D eigenvalue weighted by Crippen LogP contribution is -2.50. The molecule has 1 rings (SSSR count). The van der Waals surface area contributed by atoms with Gasteiger partial charge in [0.15, 0.2) is 0 Å². The van der Waals surface area contributed by atoms with Gasteiger partial charge in [-0.2, -0.15) is 0 Å². The molecule has 0 aliphatic heterocycles. The highest BCUT2D eigenvalue weighted by Gasteiger charge is 2.29. The van der Waals surface area contributed by atoms with E-state index in [1.54, 1.807) is 20.8 Å². The highest BCUT2D eigenvalue weighted by molar-refractivity contribution is 5.90. The van der Waals surface area contributed by atoms with Crippen molar-refractivity contribution in [2.75, 3.05) is 7.11 Å². The van der Waals surface area contributed by atoms with Crippen LogP contribution in [-0.4, -0.2) is 42.6 Å². The van der Waals surface area contributed by atoms with Gasteiger partial charge in [-0.15, -0.1) is 0 Å². The maximum Gasteiger partial charge on any atom is 0.328 e. The highest BCUT2D eigenvalue weighted by atomic mass is 16.6. The Bertz CT molecular complexity index is 595. The zero-order valence-corrected chi connectivity index (χ0v) is 15.1. The Morgan fingerprint density at radius 2 is 1.76 bits per heavy atom. The van der Waals surface area contributed by atoms with Gasteiger partial charge in [0.25, 0.3) is 0 Å². The van der Waals surface area contributed by atoms with Gasteiger partial charge in [-0.05, 0) is 32.8 Å².